The molecule has 0 aromatic rings. The van der Waals surface area contributed by atoms with Crippen LogP contribution in [0.2, 0.25) is 0 Å². The minimum absolute atomic E-state index is 0.435. The number of hydrogen-bond donors (Lipinski definition) is 0. The van der Waals surface area contributed by atoms with Gasteiger partial charge in [0.15, 0.2) is 0 Å². The largest absolute Gasteiger partial charge is 0.300 e. The lowest BCUT2D eigenvalue weighted by atomic mass is 9.92. The fourth-order valence-corrected chi connectivity index (χ4v) is 1.13. The minimum atomic E-state index is 0.435. The Hall–Kier alpha value is -0.330. The topological polar surface area (TPSA) is 17.1 Å². The molecule has 72 valence electrons. The van der Waals surface area contributed by atoms with Crippen LogP contribution in [0.15, 0.2) is 0 Å². The average molecular weight is 170 g/mol. The van der Waals surface area contributed by atoms with Crippen molar-refractivity contribution in [2.24, 2.45) is 11.8 Å². The zero-order valence-corrected chi connectivity index (χ0v) is 8.89. The van der Waals surface area contributed by atoms with Gasteiger partial charge in [0, 0.05) is 12.8 Å². The lowest BCUT2D eigenvalue weighted by molar-refractivity contribution is -0.119. The summed E-state index contributed by atoms with van der Waals surface area (Å²) in [6.07, 6.45) is 3.61. The Bertz CT molecular complexity index is 127. The predicted octanol–water partition coefficient (Wildman–Crippen LogP) is 3.43. The van der Waals surface area contributed by atoms with E-state index in [1.165, 1.54) is 0 Å². The van der Waals surface area contributed by atoms with E-state index < -0.39 is 0 Å². The van der Waals surface area contributed by atoms with Crippen molar-refractivity contribution in [3.05, 3.63) is 0 Å². The van der Waals surface area contributed by atoms with Crippen molar-refractivity contribution in [3.63, 3.8) is 0 Å². The van der Waals surface area contributed by atoms with E-state index >= 15 is 0 Å². The molecule has 0 saturated carbocycles. The average Bonchev–Trinajstić information content (AvgIpc) is 2.00. The van der Waals surface area contributed by atoms with Crippen LogP contribution < -0.4 is 0 Å². The molecule has 1 atom stereocenters. The van der Waals surface area contributed by atoms with E-state index in [4.69, 9.17) is 0 Å². The van der Waals surface area contributed by atoms with Gasteiger partial charge in [-0.15, -0.1) is 0 Å². The van der Waals surface area contributed by atoms with E-state index in [9.17, 15) is 4.79 Å². The zero-order chi connectivity index (χ0) is 9.56. The first-order valence-electron chi connectivity index (χ1n) is 5.09. The number of carbonyl (C=O) groups excluding carboxylic acids is 1. The molecule has 0 radical (unpaired) electrons. The van der Waals surface area contributed by atoms with Gasteiger partial charge in [0.05, 0.1) is 0 Å². The summed E-state index contributed by atoms with van der Waals surface area (Å²) in [6, 6.07) is 0. The van der Waals surface area contributed by atoms with E-state index in [1.807, 2.05) is 0 Å². The maximum absolute atomic E-state index is 11.2. The van der Waals surface area contributed by atoms with Crippen LogP contribution >= 0.6 is 0 Å². The highest BCUT2D eigenvalue weighted by Crippen LogP contribution is 2.16. The van der Waals surface area contributed by atoms with Crippen molar-refractivity contribution >= 4 is 5.78 Å². The minimum Gasteiger partial charge on any atom is -0.300 e. The molecule has 0 aliphatic carbocycles. The second-order valence-corrected chi connectivity index (χ2v) is 4.05. The molecule has 1 heteroatoms. The van der Waals surface area contributed by atoms with Gasteiger partial charge in [-0.3, -0.25) is 4.79 Å². The molecule has 0 aromatic heterocycles. The highest BCUT2D eigenvalue weighted by atomic mass is 16.1. The first-order valence-corrected chi connectivity index (χ1v) is 5.09. The van der Waals surface area contributed by atoms with Crippen molar-refractivity contribution in [1.82, 2.24) is 0 Å². The van der Waals surface area contributed by atoms with Crippen LogP contribution in [0, 0.1) is 11.8 Å². The van der Waals surface area contributed by atoms with Crippen molar-refractivity contribution in [3.8, 4) is 0 Å². The molecular formula is C11H22O. The number of carbonyl (C=O) groups is 1. The standard InChI is InChI=1S/C11H22O/c1-5-6-11(12)8-7-10(4)9(2)3/h9-10H,5-8H2,1-4H3. The van der Waals surface area contributed by atoms with Gasteiger partial charge in [-0.1, -0.05) is 27.7 Å². The maximum atomic E-state index is 11.2. The Morgan fingerprint density at radius 3 is 2.17 bits per heavy atom. The number of rotatable bonds is 6. The van der Waals surface area contributed by atoms with Crippen LogP contribution in [0.3, 0.4) is 0 Å². The van der Waals surface area contributed by atoms with Crippen LogP contribution in [0.5, 0.6) is 0 Å². The van der Waals surface area contributed by atoms with Crippen LogP contribution in [0.1, 0.15) is 53.4 Å². The Labute approximate surface area is 76.6 Å². The van der Waals surface area contributed by atoms with Crippen LogP contribution in [-0.4, -0.2) is 5.78 Å². The van der Waals surface area contributed by atoms with E-state index in [-0.39, 0.29) is 0 Å². The third kappa shape index (κ3) is 5.34. The Morgan fingerprint density at radius 2 is 1.75 bits per heavy atom. The van der Waals surface area contributed by atoms with Crippen LogP contribution in [-0.2, 0) is 4.79 Å². The van der Waals surface area contributed by atoms with E-state index in [2.05, 4.69) is 27.7 Å². The summed E-state index contributed by atoms with van der Waals surface area (Å²) in [4.78, 5) is 11.2. The zero-order valence-electron chi connectivity index (χ0n) is 8.89. The van der Waals surface area contributed by atoms with Gasteiger partial charge in [-0.2, -0.15) is 0 Å². The summed E-state index contributed by atoms with van der Waals surface area (Å²) in [7, 11) is 0. The smallest absolute Gasteiger partial charge is 0.132 e. The van der Waals surface area contributed by atoms with Crippen molar-refractivity contribution in [2.45, 2.75) is 53.4 Å². The lowest BCUT2D eigenvalue weighted by Gasteiger charge is -2.14. The molecule has 0 bridgehead atoms. The second kappa shape index (κ2) is 6.22. The number of hydrogen-bond acceptors (Lipinski definition) is 1. The van der Waals surface area contributed by atoms with E-state index in [0.29, 0.717) is 17.6 Å². The van der Waals surface area contributed by atoms with E-state index in [1.54, 1.807) is 0 Å². The molecule has 0 aliphatic rings. The fraction of sp³-hybridized carbons (Fsp3) is 0.909. The molecule has 1 unspecified atom stereocenters. The Kier molecular flexibility index (Phi) is 6.04. The van der Waals surface area contributed by atoms with Crippen molar-refractivity contribution < 1.29 is 4.79 Å². The van der Waals surface area contributed by atoms with Gasteiger partial charge in [0.25, 0.3) is 0 Å². The summed E-state index contributed by atoms with van der Waals surface area (Å²) >= 11 is 0. The summed E-state index contributed by atoms with van der Waals surface area (Å²) in [6.45, 7) is 8.72. The molecule has 0 amide bonds. The monoisotopic (exact) mass is 170 g/mol. The molecule has 1 nitrogen and oxygen atoms in total. The molecule has 0 saturated heterocycles. The molecule has 0 aromatic carbocycles. The summed E-state index contributed by atoms with van der Waals surface area (Å²) < 4.78 is 0. The summed E-state index contributed by atoms with van der Waals surface area (Å²) in [5, 5.41) is 0. The first-order chi connectivity index (χ1) is 5.57. The van der Waals surface area contributed by atoms with Crippen molar-refractivity contribution in [2.75, 3.05) is 0 Å². The quantitative estimate of drug-likeness (QED) is 0.597. The third-order valence-corrected chi connectivity index (χ3v) is 2.55. The SMILES string of the molecule is CCCC(=O)CCC(C)C(C)C. The van der Waals surface area contributed by atoms with Gasteiger partial charge in [-0.05, 0) is 24.7 Å². The maximum Gasteiger partial charge on any atom is 0.132 e. The van der Waals surface area contributed by atoms with Crippen LogP contribution in [0.4, 0.5) is 0 Å². The lowest BCUT2D eigenvalue weighted by Crippen LogP contribution is -2.07. The van der Waals surface area contributed by atoms with E-state index in [0.717, 1.165) is 25.7 Å². The molecule has 0 rings (SSSR count). The number of Topliss-reactive ketones (excluding diaryl/α,β-unsaturated/α-hetero) is 1. The molecule has 0 aliphatic heterocycles. The van der Waals surface area contributed by atoms with Gasteiger partial charge in [0.2, 0.25) is 0 Å². The van der Waals surface area contributed by atoms with Crippen LogP contribution in [0.25, 0.3) is 0 Å². The molecule has 0 N–H and O–H groups in total. The molecule has 0 heterocycles. The Morgan fingerprint density at radius 1 is 1.17 bits per heavy atom. The normalized spacial score (nSPS) is 13.4. The highest BCUT2D eigenvalue weighted by Gasteiger charge is 2.08. The summed E-state index contributed by atoms with van der Waals surface area (Å²) in [5.41, 5.74) is 0. The summed E-state index contributed by atoms with van der Waals surface area (Å²) in [5.74, 6) is 1.83. The molecule has 12 heavy (non-hydrogen) atoms. The molecule has 0 spiro atoms. The predicted molar refractivity (Wildman–Crippen MR) is 53.2 cm³/mol. The fourth-order valence-electron chi connectivity index (χ4n) is 1.13. The first kappa shape index (κ1) is 11.7. The molecular weight excluding hydrogens is 148 g/mol. The van der Waals surface area contributed by atoms with Gasteiger partial charge in [0.1, 0.15) is 5.78 Å². The second-order valence-electron chi connectivity index (χ2n) is 4.05. The highest BCUT2D eigenvalue weighted by molar-refractivity contribution is 5.78. The Balaban J connectivity index is 3.47. The van der Waals surface area contributed by atoms with Gasteiger partial charge >= 0.3 is 0 Å². The van der Waals surface area contributed by atoms with Gasteiger partial charge in [-0.25, -0.2) is 0 Å². The van der Waals surface area contributed by atoms with Crippen molar-refractivity contribution in [1.29, 1.82) is 0 Å². The van der Waals surface area contributed by atoms with Gasteiger partial charge < -0.3 is 0 Å². The molecule has 0 fully saturated rings. The number of ketones is 1. The third-order valence-electron chi connectivity index (χ3n) is 2.55.